The number of aromatic carboxylic acids is 1. The average molecular weight is 486 g/mol. The van der Waals surface area contributed by atoms with E-state index in [-0.39, 0.29) is 5.56 Å². The lowest BCUT2D eigenvalue weighted by molar-refractivity contribution is 0.0697. The first kappa shape index (κ1) is 22.5. The number of carbonyl (C=O) groups is 1. The molecule has 3 aromatic rings. The fourth-order valence-electron chi connectivity index (χ4n) is 3.03. The van der Waals surface area contributed by atoms with Gasteiger partial charge in [-0.25, -0.2) is 4.79 Å². The fourth-order valence-corrected chi connectivity index (χ4v) is 3.64. The van der Waals surface area contributed by atoms with Gasteiger partial charge in [0, 0.05) is 6.54 Å². The predicted octanol–water partition coefficient (Wildman–Crippen LogP) is 5.75. The first-order chi connectivity index (χ1) is 15.0. The van der Waals surface area contributed by atoms with Crippen LogP contribution in [0, 0.1) is 0 Å². The van der Waals surface area contributed by atoms with Crippen molar-refractivity contribution in [3.8, 4) is 17.2 Å². The van der Waals surface area contributed by atoms with Crippen LogP contribution in [0.15, 0.2) is 65.1 Å². The van der Waals surface area contributed by atoms with Crippen LogP contribution in [0.25, 0.3) is 0 Å². The van der Waals surface area contributed by atoms with Gasteiger partial charge in [-0.15, -0.1) is 0 Å². The molecule has 0 amide bonds. The van der Waals surface area contributed by atoms with Crippen LogP contribution >= 0.6 is 15.9 Å². The molecule has 31 heavy (non-hydrogen) atoms. The van der Waals surface area contributed by atoms with Gasteiger partial charge >= 0.3 is 5.97 Å². The number of hydrogen-bond acceptors (Lipinski definition) is 5. The molecule has 0 fully saturated rings. The van der Waals surface area contributed by atoms with Gasteiger partial charge in [-0.1, -0.05) is 30.3 Å². The minimum atomic E-state index is -0.994. The number of anilines is 1. The van der Waals surface area contributed by atoms with Crippen molar-refractivity contribution in [3.63, 3.8) is 0 Å². The van der Waals surface area contributed by atoms with E-state index in [4.69, 9.17) is 14.2 Å². The average Bonchev–Trinajstić information content (AvgIpc) is 2.77. The molecule has 0 aliphatic rings. The van der Waals surface area contributed by atoms with E-state index >= 15 is 0 Å². The normalized spacial score (nSPS) is 10.4. The summed E-state index contributed by atoms with van der Waals surface area (Å²) < 4.78 is 17.9. The van der Waals surface area contributed by atoms with Crippen LogP contribution < -0.4 is 19.5 Å². The zero-order valence-corrected chi connectivity index (χ0v) is 18.9. The van der Waals surface area contributed by atoms with Gasteiger partial charge in [-0.2, -0.15) is 0 Å². The van der Waals surface area contributed by atoms with Crippen molar-refractivity contribution in [1.82, 2.24) is 0 Å². The van der Waals surface area contributed by atoms with Crippen molar-refractivity contribution in [3.05, 3.63) is 81.8 Å². The highest BCUT2D eigenvalue weighted by Crippen LogP contribution is 2.38. The topological polar surface area (TPSA) is 77.0 Å². The van der Waals surface area contributed by atoms with Crippen molar-refractivity contribution in [1.29, 1.82) is 0 Å². The lowest BCUT2D eigenvalue weighted by atomic mass is 10.1. The van der Waals surface area contributed by atoms with Crippen LogP contribution in [0.2, 0.25) is 0 Å². The third kappa shape index (κ3) is 5.92. The van der Waals surface area contributed by atoms with E-state index in [9.17, 15) is 9.90 Å². The minimum absolute atomic E-state index is 0.184. The SMILES string of the molecule is CCOc1cc(CNc2cc(C(=O)O)ccc2OC)cc(Br)c1OCc1ccccc1. The molecule has 0 saturated carbocycles. The summed E-state index contributed by atoms with van der Waals surface area (Å²) in [6.07, 6.45) is 0. The third-order valence-corrected chi connectivity index (χ3v) is 5.11. The smallest absolute Gasteiger partial charge is 0.335 e. The number of hydrogen-bond donors (Lipinski definition) is 2. The number of ether oxygens (including phenoxy) is 3. The fraction of sp³-hybridized carbons (Fsp3) is 0.208. The molecule has 0 heterocycles. The maximum atomic E-state index is 11.3. The van der Waals surface area contributed by atoms with E-state index in [0.29, 0.717) is 42.7 Å². The summed E-state index contributed by atoms with van der Waals surface area (Å²) in [6, 6.07) is 18.5. The molecule has 0 spiro atoms. The Morgan fingerprint density at radius 3 is 2.45 bits per heavy atom. The van der Waals surface area contributed by atoms with Crippen molar-refractivity contribution in [2.75, 3.05) is 19.0 Å². The Morgan fingerprint density at radius 2 is 1.77 bits per heavy atom. The number of methoxy groups -OCH3 is 1. The largest absolute Gasteiger partial charge is 0.495 e. The molecule has 3 rings (SSSR count). The van der Waals surface area contributed by atoms with Crippen LogP contribution in [0.1, 0.15) is 28.4 Å². The number of carboxylic acids is 1. The van der Waals surface area contributed by atoms with E-state index in [1.54, 1.807) is 19.2 Å². The van der Waals surface area contributed by atoms with Crippen molar-refractivity contribution < 1.29 is 24.1 Å². The van der Waals surface area contributed by atoms with Crippen LogP contribution in [0.4, 0.5) is 5.69 Å². The summed E-state index contributed by atoms with van der Waals surface area (Å²) in [6.45, 7) is 3.29. The summed E-state index contributed by atoms with van der Waals surface area (Å²) in [4.78, 5) is 11.3. The standard InChI is InChI=1S/C24H24BrNO5/c1-3-30-22-12-17(11-19(25)23(22)31-15-16-7-5-4-6-8-16)14-26-20-13-18(24(27)28)9-10-21(20)29-2/h4-13,26H,3,14-15H2,1-2H3,(H,27,28). The Labute approximate surface area is 189 Å². The van der Waals surface area contributed by atoms with Gasteiger partial charge in [0.25, 0.3) is 0 Å². The number of benzene rings is 3. The summed E-state index contributed by atoms with van der Waals surface area (Å²) in [5.41, 5.74) is 2.78. The van der Waals surface area contributed by atoms with Crippen LogP contribution in [-0.4, -0.2) is 24.8 Å². The molecule has 0 aliphatic heterocycles. The monoisotopic (exact) mass is 485 g/mol. The lowest BCUT2D eigenvalue weighted by Gasteiger charge is -2.17. The van der Waals surface area contributed by atoms with Gasteiger partial charge in [0.05, 0.1) is 29.4 Å². The van der Waals surface area contributed by atoms with Gasteiger partial charge in [0.1, 0.15) is 12.4 Å². The van der Waals surface area contributed by atoms with Gasteiger partial charge in [0.2, 0.25) is 0 Å². The highest BCUT2D eigenvalue weighted by atomic mass is 79.9. The molecular formula is C24H24BrNO5. The summed E-state index contributed by atoms with van der Waals surface area (Å²) in [5.74, 6) is 0.847. The maximum absolute atomic E-state index is 11.3. The second-order valence-electron chi connectivity index (χ2n) is 6.69. The molecule has 0 radical (unpaired) electrons. The molecule has 7 heteroatoms. The molecule has 0 bridgehead atoms. The zero-order valence-electron chi connectivity index (χ0n) is 17.4. The second kappa shape index (κ2) is 10.7. The van der Waals surface area contributed by atoms with Crippen molar-refractivity contribution >= 4 is 27.6 Å². The van der Waals surface area contributed by atoms with Gasteiger partial charge < -0.3 is 24.6 Å². The first-order valence-corrected chi connectivity index (χ1v) is 10.6. The quantitative estimate of drug-likeness (QED) is 0.380. The predicted molar refractivity (Wildman–Crippen MR) is 123 cm³/mol. The number of halogens is 1. The van der Waals surface area contributed by atoms with Gasteiger partial charge in [-0.05, 0) is 64.3 Å². The number of carboxylic acid groups (broad SMARTS) is 1. The summed E-state index contributed by atoms with van der Waals surface area (Å²) in [5, 5.41) is 12.5. The third-order valence-electron chi connectivity index (χ3n) is 4.52. The van der Waals surface area contributed by atoms with Crippen LogP contribution in [-0.2, 0) is 13.2 Å². The molecule has 0 saturated heterocycles. The zero-order chi connectivity index (χ0) is 22.2. The number of nitrogens with one attached hydrogen (secondary N) is 1. The molecule has 0 aliphatic carbocycles. The summed E-state index contributed by atoms with van der Waals surface area (Å²) >= 11 is 3.59. The molecule has 0 atom stereocenters. The Hall–Kier alpha value is -3.19. The van der Waals surface area contributed by atoms with E-state index in [2.05, 4.69) is 21.2 Å². The molecule has 6 nitrogen and oxygen atoms in total. The van der Waals surface area contributed by atoms with Gasteiger partial charge in [0.15, 0.2) is 11.5 Å². The first-order valence-electron chi connectivity index (χ1n) is 9.79. The molecule has 162 valence electrons. The Kier molecular flexibility index (Phi) is 7.78. The molecule has 2 N–H and O–H groups in total. The summed E-state index contributed by atoms with van der Waals surface area (Å²) in [7, 11) is 1.55. The Balaban J connectivity index is 1.79. The highest BCUT2D eigenvalue weighted by molar-refractivity contribution is 9.10. The molecule has 0 aromatic heterocycles. The van der Waals surface area contributed by atoms with E-state index in [1.165, 1.54) is 6.07 Å². The maximum Gasteiger partial charge on any atom is 0.335 e. The molecule has 0 unspecified atom stereocenters. The second-order valence-corrected chi connectivity index (χ2v) is 7.54. The van der Waals surface area contributed by atoms with E-state index in [1.807, 2.05) is 49.4 Å². The van der Waals surface area contributed by atoms with Crippen molar-refractivity contribution in [2.45, 2.75) is 20.1 Å². The van der Waals surface area contributed by atoms with Crippen LogP contribution in [0.5, 0.6) is 17.2 Å². The highest BCUT2D eigenvalue weighted by Gasteiger charge is 2.14. The Bertz CT molecular complexity index is 1040. The lowest BCUT2D eigenvalue weighted by Crippen LogP contribution is -2.06. The number of rotatable bonds is 10. The van der Waals surface area contributed by atoms with Crippen LogP contribution in [0.3, 0.4) is 0 Å². The van der Waals surface area contributed by atoms with Gasteiger partial charge in [-0.3, -0.25) is 0 Å². The minimum Gasteiger partial charge on any atom is -0.495 e. The van der Waals surface area contributed by atoms with Crippen molar-refractivity contribution in [2.24, 2.45) is 0 Å². The molecular weight excluding hydrogens is 462 g/mol. The molecule has 3 aromatic carbocycles. The van der Waals surface area contributed by atoms with E-state index < -0.39 is 5.97 Å². The Morgan fingerprint density at radius 1 is 1.00 bits per heavy atom. The van der Waals surface area contributed by atoms with E-state index in [0.717, 1.165) is 15.6 Å².